The fourth-order valence-corrected chi connectivity index (χ4v) is 1.90. The van der Waals surface area contributed by atoms with E-state index in [9.17, 15) is 0 Å². The van der Waals surface area contributed by atoms with E-state index in [2.05, 4.69) is 11.9 Å². The van der Waals surface area contributed by atoms with Gasteiger partial charge < -0.3 is 19.8 Å². The lowest BCUT2D eigenvalue weighted by Gasteiger charge is -2.15. The minimum atomic E-state index is 0.694. The van der Waals surface area contributed by atoms with Crippen LogP contribution in [0.5, 0.6) is 5.75 Å². The van der Waals surface area contributed by atoms with Crippen LogP contribution < -0.4 is 10.5 Å². The first-order valence-corrected chi connectivity index (χ1v) is 6.42. The second-order valence-electron chi connectivity index (χ2n) is 4.64. The van der Waals surface area contributed by atoms with Crippen LogP contribution in [0.1, 0.15) is 12.0 Å². The summed E-state index contributed by atoms with van der Waals surface area (Å²) in [5, 5.41) is 0. The van der Waals surface area contributed by atoms with Gasteiger partial charge in [0.15, 0.2) is 0 Å². The summed E-state index contributed by atoms with van der Waals surface area (Å²) in [5.74, 6) is 0.831. The molecular formula is C15H20N2O2. The van der Waals surface area contributed by atoms with Crippen LogP contribution in [0.2, 0.25) is 0 Å². The van der Waals surface area contributed by atoms with E-state index in [1.165, 1.54) is 5.56 Å². The Kier molecular flexibility index (Phi) is 4.86. The number of hydrogen-bond acceptors (Lipinski definition) is 4. The normalized spacial score (nSPS) is 10.8. The van der Waals surface area contributed by atoms with E-state index >= 15 is 0 Å². The summed E-state index contributed by atoms with van der Waals surface area (Å²) in [5.41, 5.74) is 7.61. The molecule has 2 aromatic rings. The Morgan fingerprint density at radius 2 is 2.21 bits per heavy atom. The summed E-state index contributed by atoms with van der Waals surface area (Å²) in [6, 6.07) is 9.50. The van der Waals surface area contributed by atoms with Crippen molar-refractivity contribution in [3.8, 4) is 5.75 Å². The van der Waals surface area contributed by atoms with E-state index in [4.69, 9.17) is 14.9 Å². The van der Waals surface area contributed by atoms with Crippen molar-refractivity contribution in [3.63, 3.8) is 0 Å². The molecule has 102 valence electrons. The van der Waals surface area contributed by atoms with Gasteiger partial charge in [-0.1, -0.05) is 6.07 Å². The van der Waals surface area contributed by atoms with E-state index in [-0.39, 0.29) is 0 Å². The zero-order valence-corrected chi connectivity index (χ0v) is 11.2. The Morgan fingerprint density at radius 3 is 2.95 bits per heavy atom. The largest absolute Gasteiger partial charge is 0.493 e. The van der Waals surface area contributed by atoms with Crippen LogP contribution in [0, 0.1) is 0 Å². The molecule has 0 aliphatic carbocycles. The van der Waals surface area contributed by atoms with E-state index in [1.807, 2.05) is 30.3 Å². The van der Waals surface area contributed by atoms with Crippen molar-refractivity contribution in [2.24, 2.45) is 0 Å². The lowest BCUT2D eigenvalue weighted by Crippen LogP contribution is -2.20. The second-order valence-corrected chi connectivity index (χ2v) is 4.64. The number of nitrogens with zero attached hydrogens (tertiary/aromatic N) is 1. The highest BCUT2D eigenvalue weighted by Gasteiger charge is 2.01. The van der Waals surface area contributed by atoms with Gasteiger partial charge in [-0.3, -0.25) is 0 Å². The van der Waals surface area contributed by atoms with Gasteiger partial charge in [0.1, 0.15) is 5.75 Å². The average molecular weight is 260 g/mol. The molecule has 4 nitrogen and oxygen atoms in total. The molecule has 2 rings (SSSR count). The molecule has 4 heteroatoms. The molecule has 1 aromatic heterocycles. The first-order chi connectivity index (χ1) is 9.24. The molecule has 0 amide bonds. The highest BCUT2D eigenvalue weighted by molar-refractivity contribution is 5.43. The molecular weight excluding hydrogens is 240 g/mol. The highest BCUT2D eigenvalue weighted by Crippen LogP contribution is 2.14. The monoisotopic (exact) mass is 260 g/mol. The number of hydrogen-bond donors (Lipinski definition) is 1. The fraction of sp³-hybridized carbons (Fsp3) is 0.333. The highest BCUT2D eigenvalue weighted by atomic mass is 16.5. The molecule has 1 aromatic carbocycles. The third kappa shape index (κ3) is 4.67. The molecule has 0 unspecified atom stereocenters. The number of benzene rings is 1. The van der Waals surface area contributed by atoms with Crippen molar-refractivity contribution in [1.29, 1.82) is 0 Å². The number of furan rings is 1. The Hall–Kier alpha value is -1.94. The van der Waals surface area contributed by atoms with Gasteiger partial charge in [0.25, 0.3) is 0 Å². The van der Waals surface area contributed by atoms with Gasteiger partial charge >= 0.3 is 0 Å². The van der Waals surface area contributed by atoms with Crippen molar-refractivity contribution in [2.75, 3.05) is 25.9 Å². The third-order valence-electron chi connectivity index (χ3n) is 2.84. The summed E-state index contributed by atoms with van der Waals surface area (Å²) in [7, 11) is 2.09. The van der Waals surface area contributed by atoms with Crippen LogP contribution in [0.15, 0.2) is 47.3 Å². The van der Waals surface area contributed by atoms with Gasteiger partial charge in [0.05, 0.1) is 19.1 Å². The minimum Gasteiger partial charge on any atom is -0.493 e. The lowest BCUT2D eigenvalue weighted by atomic mass is 10.3. The van der Waals surface area contributed by atoms with Crippen molar-refractivity contribution >= 4 is 5.69 Å². The molecule has 0 fully saturated rings. The fourth-order valence-electron chi connectivity index (χ4n) is 1.90. The van der Waals surface area contributed by atoms with Gasteiger partial charge in [-0.15, -0.1) is 0 Å². The summed E-state index contributed by atoms with van der Waals surface area (Å²) < 4.78 is 10.7. The van der Waals surface area contributed by atoms with Gasteiger partial charge in [-0.2, -0.15) is 0 Å². The first kappa shape index (κ1) is 13.5. The number of nitrogens with two attached hydrogens (primary N) is 1. The van der Waals surface area contributed by atoms with E-state index in [1.54, 1.807) is 12.5 Å². The summed E-state index contributed by atoms with van der Waals surface area (Å²) in [4.78, 5) is 2.24. The Morgan fingerprint density at radius 1 is 1.32 bits per heavy atom. The van der Waals surface area contributed by atoms with Crippen LogP contribution >= 0.6 is 0 Å². The molecule has 0 aliphatic heterocycles. The Balaban J connectivity index is 1.64. The van der Waals surface area contributed by atoms with Crippen LogP contribution in [0.3, 0.4) is 0 Å². The lowest BCUT2D eigenvalue weighted by molar-refractivity contribution is 0.258. The molecule has 2 N–H and O–H groups in total. The molecule has 0 radical (unpaired) electrons. The first-order valence-electron chi connectivity index (χ1n) is 6.42. The summed E-state index contributed by atoms with van der Waals surface area (Å²) >= 11 is 0. The van der Waals surface area contributed by atoms with E-state index in [0.29, 0.717) is 6.61 Å². The molecule has 0 atom stereocenters. The zero-order chi connectivity index (χ0) is 13.5. The standard InChI is InChI=1S/C15H20N2O2/c1-17(11-13-6-9-18-12-13)7-3-8-19-15-5-2-4-14(16)10-15/h2,4-6,9-10,12H,3,7-8,11,16H2,1H3. The minimum absolute atomic E-state index is 0.694. The number of nitrogen functional groups attached to an aromatic ring is 1. The van der Waals surface area contributed by atoms with Gasteiger partial charge in [0, 0.05) is 30.4 Å². The topological polar surface area (TPSA) is 51.6 Å². The van der Waals surface area contributed by atoms with Crippen molar-refractivity contribution in [1.82, 2.24) is 4.90 Å². The Bertz CT molecular complexity index is 483. The molecule has 1 heterocycles. The van der Waals surface area contributed by atoms with Crippen LogP contribution in [-0.4, -0.2) is 25.1 Å². The van der Waals surface area contributed by atoms with Crippen molar-refractivity contribution < 1.29 is 9.15 Å². The Labute approximate surface area is 113 Å². The van der Waals surface area contributed by atoms with Crippen molar-refractivity contribution in [3.05, 3.63) is 48.4 Å². The maximum absolute atomic E-state index is 5.69. The van der Waals surface area contributed by atoms with E-state index in [0.717, 1.165) is 30.9 Å². The zero-order valence-electron chi connectivity index (χ0n) is 11.2. The number of rotatable bonds is 7. The SMILES string of the molecule is CN(CCCOc1cccc(N)c1)Cc1ccoc1. The average Bonchev–Trinajstić information content (AvgIpc) is 2.87. The van der Waals surface area contributed by atoms with Crippen LogP contribution in [0.25, 0.3) is 0 Å². The molecule has 0 aliphatic rings. The second kappa shape index (κ2) is 6.85. The maximum Gasteiger partial charge on any atom is 0.121 e. The molecule has 0 bridgehead atoms. The molecule has 0 spiro atoms. The third-order valence-corrected chi connectivity index (χ3v) is 2.84. The molecule has 0 saturated heterocycles. The number of anilines is 1. The number of ether oxygens (including phenoxy) is 1. The predicted molar refractivity (Wildman–Crippen MR) is 76.0 cm³/mol. The smallest absolute Gasteiger partial charge is 0.121 e. The quantitative estimate of drug-likeness (QED) is 0.614. The van der Waals surface area contributed by atoms with Gasteiger partial charge in [-0.25, -0.2) is 0 Å². The van der Waals surface area contributed by atoms with E-state index < -0.39 is 0 Å². The maximum atomic E-state index is 5.69. The van der Waals surface area contributed by atoms with Crippen LogP contribution in [-0.2, 0) is 6.54 Å². The van der Waals surface area contributed by atoms with Gasteiger partial charge in [0.2, 0.25) is 0 Å². The molecule has 0 saturated carbocycles. The van der Waals surface area contributed by atoms with Crippen LogP contribution in [0.4, 0.5) is 5.69 Å². The summed E-state index contributed by atoms with van der Waals surface area (Å²) in [6.07, 6.45) is 4.45. The van der Waals surface area contributed by atoms with Gasteiger partial charge in [-0.05, 0) is 31.7 Å². The molecule has 19 heavy (non-hydrogen) atoms. The predicted octanol–water partition coefficient (Wildman–Crippen LogP) is 2.76. The summed E-state index contributed by atoms with van der Waals surface area (Å²) in [6.45, 7) is 2.57. The van der Waals surface area contributed by atoms with Crippen molar-refractivity contribution in [2.45, 2.75) is 13.0 Å².